The Kier molecular flexibility index (Phi) is 7.19. The van der Waals surface area contributed by atoms with Crippen molar-refractivity contribution in [1.29, 1.82) is 0 Å². The summed E-state index contributed by atoms with van der Waals surface area (Å²) < 4.78 is 18.6. The van der Waals surface area contributed by atoms with Crippen LogP contribution >= 0.6 is 0 Å². The highest BCUT2D eigenvalue weighted by molar-refractivity contribution is 6.04. The van der Waals surface area contributed by atoms with Gasteiger partial charge >= 0.3 is 0 Å². The Morgan fingerprint density at radius 2 is 1.64 bits per heavy atom. The number of methoxy groups -OCH3 is 2. The van der Waals surface area contributed by atoms with Gasteiger partial charge in [-0.25, -0.2) is 0 Å². The number of benzene rings is 3. The van der Waals surface area contributed by atoms with Crippen LogP contribution in [-0.2, 0) is 6.42 Å². The van der Waals surface area contributed by atoms with Crippen LogP contribution in [0, 0.1) is 0 Å². The SMILES string of the molecule is C=C1CCCc2c1cc(C(=O)Nc1ccc(Oc3ccnc4cc(OC)c(OC)cc34)cc1)c(=O)n2-c1ccccc1. The van der Waals surface area contributed by atoms with E-state index < -0.39 is 5.91 Å². The minimum atomic E-state index is -0.485. The Morgan fingerprint density at radius 3 is 2.38 bits per heavy atom. The van der Waals surface area contributed by atoms with E-state index in [9.17, 15) is 9.59 Å². The zero-order valence-corrected chi connectivity index (χ0v) is 23.3. The van der Waals surface area contributed by atoms with Crippen LogP contribution in [-0.4, -0.2) is 29.7 Å². The number of nitrogens with zero attached hydrogens (tertiary/aromatic N) is 2. The van der Waals surface area contributed by atoms with Crippen LogP contribution in [0.1, 0.15) is 34.5 Å². The predicted molar refractivity (Wildman–Crippen MR) is 163 cm³/mol. The van der Waals surface area contributed by atoms with Gasteiger partial charge in [0.25, 0.3) is 11.5 Å². The van der Waals surface area contributed by atoms with E-state index in [1.54, 1.807) is 67.4 Å². The molecule has 0 fully saturated rings. The van der Waals surface area contributed by atoms with E-state index >= 15 is 0 Å². The summed E-state index contributed by atoms with van der Waals surface area (Å²) in [5.41, 5.74) is 4.33. The number of amides is 1. The van der Waals surface area contributed by atoms with Crippen molar-refractivity contribution >= 4 is 28.1 Å². The molecule has 1 aliphatic carbocycles. The molecule has 1 aliphatic rings. The summed E-state index contributed by atoms with van der Waals surface area (Å²) in [5.74, 6) is 1.81. The molecule has 0 radical (unpaired) electrons. The Hall–Kier alpha value is -5.37. The zero-order valence-electron chi connectivity index (χ0n) is 23.3. The summed E-state index contributed by atoms with van der Waals surface area (Å²) in [4.78, 5) is 31.5. The average molecular weight is 560 g/mol. The molecule has 2 heterocycles. The number of allylic oxidation sites excluding steroid dienone is 1. The van der Waals surface area contributed by atoms with E-state index in [1.165, 1.54) is 0 Å². The smallest absolute Gasteiger partial charge is 0.268 e. The van der Waals surface area contributed by atoms with Crippen LogP contribution < -0.4 is 25.1 Å². The minimum absolute atomic E-state index is 0.0635. The van der Waals surface area contributed by atoms with E-state index in [2.05, 4.69) is 16.9 Å². The lowest BCUT2D eigenvalue weighted by Crippen LogP contribution is -2.32. The van der Waals surface area contributed by atoms with E-state index in [0.29, 0.717) is 34.2 Å². The van der Waals surface area contributed by atoms with Gasteiger partial charge < -0.3 is 19.5 Å². The molecule has 0 spiro atoms. The molecule has 8 nitrogen and oxygen atoms in total. The summed E-state index contributed by atoms with van der Waals surface area (Å²) in [6, 6.07) is 23.4. The summed E-state index contributed by atoms with van der Waals surface area (Å²) >= 11 is 0. The van der Waals surface area contributed by atoms with Gasteiger partial charge in [0, 0.05) is 34.7 Å². The number of hydrogen-bond acceptors (Lipinski definition) is 6. The molecule has 5 aromatic rings. The third-order valence-corrected chi connectivity index (χ3v) is 7.38. The van der Waals surface area contributed by atoms with Crippen LogP contribution in [0.15, 0.2) is 96.4 Å². The summed E-state index contributed by atoms with van der Waals surface area (Å²) in [6.07, 6.45) is 4.15. The molecule has 0 saturated carbocycles. The van der Waals surface area contributed by atoms with Crippen molar-refractivity contribution < 1.29 is 19.0 Å². The summed E-state index contributed by atoms with van der Waals surface area (Å²) in [5, 5.41) is 3.63. The van der Waals surface area contributed by atoms with Gasteiger partial charge in [0.15, 0.2) is 11.5 Å². The molecule has 1 amide bonds. The Bertz CT molecular complexity index is 1880. The number of anilines is 1. The van der Waals surface area contributed by atoms with Gasteiger partial charge in [-0.2, -0.15) is 0 Å². The third-order valence-electron chi connectivity index (χ3n) is 7.38. The normalized spacial score (nSPS) is 12.5. The molecule has 0 atom stereocenters. The number of carbonyl (C=O) groups is 1. The molecular formula is C34H29N3O5. The van der Waals surface area contributed by atoms with Crippen LogP contribution in [0.3, 0.4) is 0 Å². The van der Waals surface area contributed by atoms with Crippen LogP contribution in [0.5, 0.6) is 23.0 Å². The lowest BCUT2D eigenvalue weighted by Gasteiger charge is -2.24. The number of ether oxygens (including phenoxy) is 3. The van der Waals surface area contributed by atoms with Gasteiger partial charge in [0.1, 0.15) is 17.1 Å². The first-order valence-electron chi connectivity index (χ1n) is 13.6. The second-order valence-corrected chi connectivity index (χ2v) is 9.97. The summed E-state index contributed by atoms with van der Waals surface area (Å²) in [6.45, 7) is 4.21. The van der Waals surface area contributed by atoms with Crippen molar-refractivity contribution in [3.05, 3.63) is 119 Å². The fourth-order valence-corrected chi connectivity index (χ4v) is 5.29. The highest BCUT2D eigenvalue weighted by Crippen LogP contribution is 2.37. The Morgan fingerprint density at radius 1 is 0.905 bits per heavy atom. The highest BCUT2D eigenvalue weighted by atomic mass is 16.5. The second-order valence-electron chi connectivity index (χ2n) is 9.97. The van der Waals surface area contributed by atoms with E-state index in [1.807, 2.05) is 36.4 Å². The monoisotopic (exact) mass is 559 g/mol. The highest BCUT2D eigenvalue weighted by Gasteiger charge is 2.24. The first-order chi connectivity index (χ1) is 20.5. The first-order valence-corrected chi connectivity index (χ1v) is 13.6. The van der Waals surface area contributed by atoms with Crippen molar-refractivity contribution in [2.24, 2.45) is 0 Å². The van der Waals surface area contributed by atoms with Gasteiger partial charge in [0.05, 0.1) is 19.7 Å². The number of rotatable bonds is 7. The maximum Gasteiger partial charge on any atom is 0.268 e. The fourth-order valence-electron chi connectivity index (χ4n) is 5.29. The fraction of sp³-hybridized carbons (Fsp3) is 0.147. The molecule has 0 saturated heterocycles. The molecular weight excluding hydrogens is 530 g/mol. The van der Waals surface area contributed by atoms with E-state index in [-0.39, 0.29) is 11.1 Å². The maximum atomic E-state index is 13.7. The molecule has 3 aromatic carbocycles. The van der Waals surface area contributed by atoms with Crippen molar-refractivity contribution in [1.82, 2.24) is 9.55 Å². The number of pyridine rings is 2. The Balaban J connectivity index is 1.27. The number of nitrogens with one attached hydrogen (secondary N) is 1. The standard InChI is InChI=1S/C34H29N3O5/c1-21-8-7-11-29-25(21)18-27(34(39)37(29)23-9-5-4-6-10-23)33(38)36-22-12-14-24(15-13-22)42-30-16-17-35-28-20-32(41-3)31(40-2)19-26(28)30/h4-6,9-10,12-20H,1,7-8,11H2,2-3H3,(H,36,38). The first kappa shape index (κ1) is 26.8. The van der Waals surface area contributed by atoms with Crippen LogP contribution in [0.25, 0.3) is 22.2 Å². The van der Waals surface area contributed by atoms with Crippen molar-refractivity contribution in [3.8, 4) is 28.7 Å². The summed E-state index contributed by atoms with van der Waals surface area (Å²) in [7, 11) is 3.15. The number of carbonyl (C=O) groups excluding carboxylic acids is 1. The lowest BCUT2D eigenvalue weighted by atomic mass is 9.90. The molecule has 210 valence electrons. The van der Waals surface area contributed by atoms with E-state index in [4.69, 9.17) is 14.2 Å². The Labute approximate surface area is 242 Å². The predicted octanol–water partition coefficient (Wildman–Crippen LogP) is 6.80. The number of fused-ring (bicyclic) bond motifs is 2. The zero-order chi connectivity index (χ0) is 29.2. The van der Waals surface area contributed by atoms with Gasteiger partial charge in [-0.05, 0) is 85.0 Å². The molecule has 2 aromatic heterocycles. The lowest BCUT2D eigenvalue weighted by molar-refractivity contribution is 0.102. The van der Waals surface area contributed by atoms with Gasteiger partial charge in [-0.15, -0.1) is 0 Å². The van der Waals surface area contributed by atoms with Crippen molar-refractivity contribution in [2.45, 2.75) is 19.3 Å². The van der Waals surface area contributed by atoms with Crippen molar-refractivity contribution in [3.63, 3.8) is 0 Å². The maximum absolute atomic E-state index is 13.7. The quantitative estimate of drug-likeness (QED) is 0.236. The van der Waals surface area contributed by atoms with Gasteiger partial charge in [-0.3, -0.25) is 19.1 Å². The molecule has 42 heavy (non-hydrogen) atoms. The van der Waals surface area contributed by atoms with Crippen LogP contribution in [0.4, 0.5) is 5.69 Å². The number of para-hydroxylation sites is 1. The average Bonchev–Trinajstić information content (AvgIpc) is 3.01. The molecule has 6 rings (SSSR count). The van der Waals surface area contributed by atoms with Crippen LogP contribution in [0.2, 0.25) is 0 Å². The molecule has 0 unspecified atom stereocenters. The van der Waals surface area contributed by atoms with Gasteiger partial charge in [0.2, 0.25) is 0 Å². The molecule has 0 bridgehead atoms. The molecule has 1 N–H and O–H groups in total. The number of hydrogen-bond donors (Lipinski definition) is 1. The molecule has 0 aliphatic heterocycles. The van der Waals surface area contributed by atoms with E-state index in [0.717, 1.165) is 47.2 Å². The molecule has 8 heteroatoms. The number of aromatic nitrogens is 2. The van der Waals surface area contributed by atoms with Gasteiger partial charge in [-0.1, -0.05) is 24.8 Å². The largest absolute Gasteiger partial charge is 0.493 e. The van der Waals surface area contributed by atoms with Crippen molar-refractivity contribution in [2.75, 3.05) is 19.5 Å². The topological polar surface area (TPSA) is 91.7 Å². The minimum Gasteiger partial charge on any atom is -0.493 e. The third kappa shape index (κ3) is 4.99. The second kappa shape index (κ2) is 11.2.